The summed E-state index contributed by atoms with van der Waals surface area (Å²) in [5, 5.41) is 0.507. The molecule has 0 N–H and O–H groups in total. The minimum Gasteiger partial charge on any atom is -0.457 e. The Morgan fingerprint density at radius 3 is 2.08 bits per heavy atom. The first kappa shape index (κ1) is 19.2. The Labute approximate surface area is 149 Å². The molecule has 2 aromatic carbocycles. The molecule has 132 valence electrons. The van der Waals surface area contributed by atoms with Gasteiger partial charge in [-0.1, -0.05) is 23.6 Å². The first-order chi connectivity index (χ1) is 11.7. The topological polar surface area (TPSA) is 18.5 Å². The number of hydrogen-bond donors (Lipinski definition) is 0. The summed E-state index contributed by atoms with van der Waals surface area (Å²) in [4.78, 5) is 0. The van der Waals surface area contributed by atoms with Gasteiger partial charge in [0.05, 0.1) is 5.56 Å². The molecular weight excluding hydrogens is 353 g/mol. The zero-order valence-electron chi connectivity index (χ0n) is 13.9. The molecule has 6 heteroatoms. The highest BCUT2D eigenvalue weighted by molar-refractivity contribution is 6.30. The van der Waals surface area contributed by atoms with Crippen molar-refractivity contribution in [2.75, 3.05) is 7.11 Å². The van der Waals surface area contributed by atoms with Crippen LogP contribution in [-0.4, -0.2) is 7.11 Å². The van der Waals surface area contributed by atoms with Crippen LogP contribution >= 0.6 is 11.6 Å². The van der Waals surface area contributed by atoms with Crippen LogP contribution in [0.5, 0.6) is 11.5 Å². The van der Waals surface area contributed by atoms with Crippen molar-refractivity contribution in [1.82, 2.24) is 0 Å². The highest BCUT2D eigenvalue weighted by Crippen LogP contribution is 2.40. The molecule has 1 unspecified atom stereocenters. The Morgan fingerprint density at radius 2 is 1.56 bits per heavy atom. The Hall–Kier alpha value is -2.16. The van der Waals surface area contributed by atoms with Crippen molar-refractivity contribution in [3.8, 4) is 23.3 Å². The van der Waals surface area contributed by atoms with Crippen LogP contribution in [0.25, 0.3) is 0 Å². The van der Waals surface area contributed by atoms with Crippen LogP contribution < -0.4 is 4.74 Å². The summed E-state index contributed by atoms with van der Waals surface area (Å²) in [5.41, 5.74) is -2.30. The Kier molecular flexibility index (Phi) is 5.66. The molecule has 2 rings (SSSR count). The lowest BCUT2D eigenvalue weighted by atomic mass is 9.91. The van der Waals surface area contributed by atoms with Crippen LogP contribution in [0.4, 0.5) is 13.2 Å². The maximum Gasteiger partial charge on any atom is 0.416 e. The molecule has 0 spiro atoms. The molecule has 0 heterocycles. The molecule has 2 nitrogen and oxygen atoms in total. The molecule has 0 bridgehead atoms. The van der Waals surface area contributed by atoms with E-state index in [1.165, 1.54) is 26.2 Å². The van der Waals surface area contributed by atoms with Crippen molar-refractivity contribution >= 4 is 11.6 Å². The molecule has 0 aliphatic carbocycles. The van der Waals surface area contributed by atoms with Crippen LogP contribution in [-0.2, 0) is 16.5 Å². The van der Waals surface area contributed by atoms with Gasteiger partial charge in [0.25, 0.3) is 0 Å². The molecule has 2 aromatic rings. The molecule has 0 radical (unpaired) electrons. The fourth-order valence-corrected chi connectivity index (χ4v) is 2.47. The van der Waals surface area contributed by atoms with Gasteiger partial charge in [-0.3, -0.25) is 0 Å². The molecule has 1 atom stereocenters. The van der Waals surface area contributed by atoms with Crippen LogP contribution in [0.2, 0.25) is 5.02 Å². The molecular formula is C19H16ClF3O2. The van der Waals surface area contributed by atoms with Gasteiger partial charge in [0.1, 0.15) is 11.5 Å². The fourth-order valence-electron chi connectivity index (χ4n) is 2.34. The van der Waals surface area contributed by atoms with Gasteiger partial charge in [-0.05, 0) is 50.2 Å². The fraction of sp³-hybridized carbons (Fsp3) is 0.263. The zero-order valence-corrected chi connectivity index (χ0v) is 14.6. The summed E-state index contributed by atoms with van der Waals surface area (Å²) >= 11 is 5.79. The Bertz CT molecular complexity index is 804. The molecule has 25 heavy (non-hydrogen) atoms. The number of methoxy groups -OCH3 is 1. The Morgan fingerprint density at radius 1 is 0.960 bits per heavy atom. The molecule has 0 saturated carbocycles. The summed E-state index contributed by atoms with van der Waals surface area (Å²) in [6.07, 6.45) is -4.58. The average molecular weight is 369 g/mol. The van der Waals surface area contributed by atoms with E-state index < -0.39 is 17.3 Å². The van der Waals surface area contributed by atoms with Gasteiger partial charge in [0.2, 0.25) is 0 Å². The van der Waals surface area contributed by atoms with E-state index in [0.29, 0.717) is 10.8 Å². The van der Waals surface area contributed by atoms with E-state index in [0.717, 1.165) is 6.07 Å². The summed E-state index contributed by atoms with van der Waals surface area (Å²) in [6, 6.07) is 10.1. The van der Waals surface area contributed by atoms with E-state index >= 15 is 0 Å². The maximum atomic E-state index is 13.6. The molecule has 0 aliphatic rings. The first-order valence-corrected chi connectivity index (χ1v) is 7.71. The van der Waals surface area contributed by atoms with Crippen LogP contribution in [0.15, 0.2) is 42.5 Å². The second-order valence-electron chi connectivity index (χ2n) is 5.37. The van der Waals surface area contributed by atoms with Gasteiger partial charge in [0, 0.05) is 17.7 Å². The minimum atomic E-state index is -4.58. The summed E-state index contributed by atoms with van der Waals surface area (Å²) < 4.78 is 51.4. The standard InChI is InChI=1S/C19H16ClF3O2/c1-4-11-18(2,24-3)16-10-9-15(12-17(16)19(21,22)23)25-14-7-5-13(20)6-8-14/h5-10,12H,1-3H3. The van der Waals surface area contributed by atoms with E-state index in [4.69, 9.17) is 21.1 Å². The van der Waals surface area contributed by atoms with E-state index in [-0.39, 0.29) is 11.3 Å². The van der Waals surface area contributed by atoms with E-state index in [9.17, 15) is 13.2 Å². The quantitative estimate of drug-likeness (QED) is 0.613. The van der Waals surface area contributed by atoms with E-state index in [1.807, 2.05) is 0 Å². The van der Waals surface area contributed by atoms with Crippen molar-refractivity contribution in [3.63, 3.8) is 0 Å². The third-order valence-corrected chi connectivity index (χ3v) is 3.88. The lowest BCUT2D eigenvalue weighted by Crippen LogP contribution is -2.26. The van der Waals surface area contributed by atoms with Gasteiger partial charge in [-0.15, -0.1) is 5.92 Å². The number of benzene rings is 2. The number of halogens is 4. The normalized spacial score (nSPS) is 13.6. The van der Waals surface area contributed by atoms with Gasteiger partial charge >= 0.3 is 6.18 Å². The summed E-state index contributed by atoms with van der Waals surface area (Å²) in [5.74, 6) is 5.73. The van der Waals surface area contributed by atoms with Crippen molar-refractivity contribution in [2.24, 2.45) is 0 Å². The molecule has 0 aromatic heterocycles. The number of hydrogen-bond acceptors (Lipinski definition) is 2. The monoisotopic (exact) mass is 368 g/mol. The van der Waals surface area contributed by atoms with Gasteiger partial charge < -0.3 is 9.47 Å². The summed E-state index contributed by atoms with van der Waals surface area (Å²) in [6.45, 7) is 3.04. The van der Waals surface area contributed by atoms with Crippen molar-refractivity contribution in [3.05, 3.63) is 58.6 Å². The molecule has 0 saturated heterocycles. The first-order valence-electron chi connectivity index (χ1n) is 7.34. The average Bonchev–Trinajstić information content (AvgIpc) is 2.56. The third-order valence-electron chi connectivity index (χ3n) is 3.63. The van der Waals surface area contributed by atoms with Gasteiger partial charge in [-0.25, -0.2) is 0 Å². The highest BCUT2D eigenvalue weighted by Gasteiger charge is 2.39. The number of rotatable bonds is 4. The highest BCUT2D eigenvalue weighted by atomic mass is 35.5. The number of alkyl halides is 3. The maximum absolute atomic E-state index is 13.6. The van der Waals surface area contributed by atoms with Crippen LogP contribution in [0, 0.1) is 11.8 Å². The minimum absolute atomic E-state index is 0.0568. The van der Waals surface area contributed by atoms with Gasteiger partial charge in [-0.2, -0.15) is 13.2 Å². The molecule has 0 amide bonds. The van der Waals surface area contributed by atoms with Crippen molar-refractivity contribution in [2.45, 2.75) is 25.6 Å². The smallest absolute Gasteiger partial charge is 0.416 e. The zero-order chi connectivity index (χ0) is 18.7. The summed E-state index contributed by atoms with van der Waals surface area (Å²) in [7, 11) is 1.32. The lowest BCUT2D eigenvalue weighted by Gasteiger charge is -2.26. The SMILES string of the molecule is CC#CC(C)(OC)c1ccc(Oc2ccc(Cl)cc2)cc1C(F)(F)F. The van der Waals surface area contributed by atoms with Crippen molar-refractivity contribution < 1.29 is 22.6 Å². The Balaban J connectivity index is 2.50. The van der Waals surface area contributed by atoms with Crippen LogP contribution in [0.1, 0.15) is 25.0 Å². The predicted molar refractivity (Wildman–Crippen MR) is 90.8 cm³/mol. The lowest BCUT2D eigenvalue weighted by molar-refractivity contribution is -0.140. The van der Waals surface area contributed by atoms with E-state index in [2.05, 4.69) is 11.8 Å². The van der Waals surface area contributed by atoms with E-state index in [1.54, 1.807) is 31.2 Å². The van der Waals surface area contributed by atoms with Gasteiger partial charge in [0.15, 0.2) is 5.60 Å². The van der Waals surface area contributed by atoms with Crippen molar-refractivity contribution in [1.29, 1.82) is 0 Å². The predicted octanol–water partition coefficient (Wildman–Crippen LogP) is 6.04. The molecule has 0 aliphatic heterocycles. The van der Waals surface area contributed by atoms with Crippen LogP contribution in [0.3, 0.4) is 0 Å². The molecule has 0 fully saturated rings. The second-order valence-corrected chi connectivity index (χ2v) is 5.81. The second kappa shape index (κ2) is 7.38. The largest absolute Gasteiger partial charge is 0.457 e. The third kappa shape index (κ3) is 4.47. The number of ether oxygens (including phenoxy) is 2.